The van der Waals surface area contributed by atoms with E-state index in [4.69, 9.17) is 5.73 Å². The van der Waals surface area contributed by atoms with Gasteiger partial charge in [-0.1, -0.05) is 23.1 Å². The van der Waals surface area contributed by atoms with Crippen molar-refractivity contribution >= 4 is 28.2 Å². The molecule has 5 heteroatoms. The second-order valence-corrected chi connectivity index (χ2v) is 7.07. The molecule has 0 unspecified atom stereocenters. The van der Waals surface area contributed by atoms with Gasteiger partial charge in [-0.25, -0.2) is 0 Å². The molecule has 2 aliphatic rings. The van der Waals surface area contributed by atoms with Gasteiger partial charge in [-0.3, -0.25) is 0 Å². The summed E-state index contributed by atoms with van der Waals surface area (Å²) in [6, 6.07) is 0. The summed E-state index contributed by atoms with van der Waals surface area (Å²) < 4.78 is 1.04. The van der Waals surface area contributed by atoms with Crippen LogP contribution in [-0.2, 0) is 0 Å². The van der Waals surface area contributed by atoms with Crippen LogP contribution >= 0.6 is 23.1 Å². The Bertz CT molecular complexity index is 355. The highest BCUT2D eigenvalue weighted by Gasteiger charge is 2.44. The third kappa shape index (κ3) is 1.87. The molecule has 0 radical (unpaired) electrons. The molecule has 0 atom stereocenters. The molecule has 82 valence electrons. The van der Waals surface area contributed by atoms with Crippen molar-refractivity contribution in [3.05, 3.63) is 0 Å². The first kappa shape index (κ1) is 9.90. The zero-order valence-electron chi connectivity index (χ0n) is 8.61. The maximum atomic E-state index is 5.57. The molecule has 0 spiro atoms. The molecular weight excluding hydrogens is 226 g/mol. The number of fused-ring (bicyclic) bond motifs is 2. The standard InChI is InChI=1S/C10H15N3S2/c11-8-12-13-9(15-8)14-6-10-3-1-7(5-10)2-4-10/h7H,1-6H2,(H2,11,12). The molecule has 2 saturated carbocycles. The lowest BCUT2D eigenvalue weighted by Gasteiger charge is -2.25. The quantitative estimate of drug-likeness (QED) is 0.827. The Morgan fingerprint density at radius 3 is 2.73 bits per heavy atom. The van der Waals surface area contributed by atoms with E-state index in [2.05, 4.69) is 10.2 Å². The van der Waals surface area contributed by atoms with Crippen LogP contribution in [0.1, 0.15) is 32.1 Å². The number of hydrogen-bond acceptors (Lipinski definition) is 5. The highest BCUT2D eigenvalue weighted by Crippen LogP contribution is 2.55. The Balaban J connectivity index is 1.62. The molecule has 2 aliphatic carbocycles. The lowest BCUT2D eigenvalue weighted by molar-refractivity contribution is 0.341. The first-order valence-electron chi connectivity index (χ1n) is 5.48. The van der Waals surface area contributed by atoms with Crippen molar-refractivity contribution in [2.75, 3.05) is 11.5 Å². The molecule has 0 amide bonds. The van der Waals surface area contributed by atoms with E-state index in [-0.39, 0.29) is 0 Å². The summed E-state index contributed by atoms with van der Waals surface area (Å²) in [5.41, 5.74) is 6.20. The Morgan fingerprint density at radius 1 is 1.40 bits per heavy atom. The number of thioether (sulfide) groups is 1. The largest absolute Gasteiger partial charge is 0.374 e. The molecule has 3 nitrogen and oxygen atoms in total. The lowest BCUT2D eigenvalue weighted by atomic mass is 9.87. The van der Waals surface area contributed by atoms with Gasteiger partial charge in [-0.05, 0) is 43.4 Å². The van der Waals surface area contributed by atoms with Crippen LogP contribution in [0, 0.1) is 11.3 Å². The normalized spacial score (nSPS) is 33.7. The van der Waals surface area contributed by atoms with E-state index in [1.807, 2.05) is 11.8 Å². The van der Waals surface area contributed by atoms with Crippen molar-refractivity contribution in [3.8, 4) is 0 Å². The highest BCUT2D eigenvalue weighted by atomic mass is 32.2. The fourth-order valence-corrected chi connectivity index (χ4v) is 4.95. The zero-order valence-corrected chi connectivity index (χ0v) is 10.2. The molecule has 3 rings (SSSR count). The minimum absolute atomic E-state index is 0.589. The molecule has 0 aromatic carbocycles. The molecule has 15 heavy (non-hydrogen) atoms. The van der Waals surface area contributed by atoms with Gasteiger partial charge in [-0.15, -0.1) is 10.2 Å². The van der Waals surface area contributed by atoms with Gasteiger partial charge in [0.25, 0.3) is 0 Å². The van der Waals surface area contributed by atoms with E-state index in [1.165, 1.54) is 49.2 Å². The third-order valence-corrected chi connectivity index (χ3v) is 6.05. The van der Waals surface area contributed by atoms with Crippen molar-refractivity contribution in [3.63, 3.8) is 0 Å². The fraction of sp³-hybridized carbons (Fsp3) is 0.800. The number of anilines is 1. The van der Waals surface area contributed by atoms with Crippen molar-refractivity contribution in [1.29, 1.82) is 0 Å². The highest BCUT2D eigenvalue weighted by molar-refractivity contribution is 8.01. The second-order valence-electron chi connectivity index (χ2n) is 4.84. The van der Waals surface area contributed by atoms with Crippen LogP contribution in [-0.4, -0.2) is 16.0 Å². The smallest absolute Gasteiger partial charge is 0.203 e. The topological polar surface area (TPSA) is 51.8 Å². The first-order chi connectivity index (χ1) is 7.26. The summed E-state index contributed by atoms with van der Waals surface area (Å²) in [6.45, 7) is 0. The van der Waals surface area contributed by atoms with Crippen molar-refractivity contribution in [2.24, 2.45) is 11.3 Å². The van der Waals surface area contributed by atoms with Gasteiger partial charge in [0.2, 0.25) is 5.13 Å². The van der Waals surface area contributed by atoms with Gasteiger partial charge in [0.1, 0.15) is 0 Å². The summed E-state index contributed by atoms with van der Waals surface area (Å²) >= 11 is 3.37. The molecule has 2 N–H and O–H groups in total. The van der Waals surface area contributed by atoms with E-state index in [0.29, 0.717) is 10.5 Å². The number of nitrogens with two attached hydrogens (primary N) is 1. The molecule has 1 aromatic heterocycles. The summed E-state index contributed by atoms with van der Waals surface area (Å²) in [5, 5.41) is 8.50. The first-order valence-corrected chi connectivity index (χ1v) is 7.28. The molecular formula is C10H15N3S2. The maximum Gasteiger partial charge on any atom is 0.203 e. The lowest BCUT2D eigenvalue weighted by Crippen LogP contribution is -2.16. The van der Waals surface area contributed by atoms with Crippen molar-refractivity contribution in [1.82, 2.24) is 10.2 Å². The van der Waals surface area contributed by atoms with E-state index < -0.39 is 0 Å². The molecule has 1 heterocycles. The molecule has 0 aliphatic heterocycles. The van der Waals surface area contributed by atoms with E-state index in [0.717, 1.165) is 10.3 Å². The predicted molar refractivity (Wildman–Crippen MR) is 64.1 cm³/mol. The summed E-state index contributed by atoms with van der Waals surface area (Å²) in [6.07, 6.45) is 7.23. The Kier molecular flexibility index (Phi) is 2.39. The van der Waals surface area contributed by atoms with Gasteiger partial charge in [0.15, 0.2) is 4.34 Å². The van der Waals surface area contributed by atoms with Gasteiger partial charge < -0.3 is 5.73 Å². The average molecular weight is 241 g/mol. The number of hydrogen-bond donors (Lipinski definition) is 1. The minimum atomic E-state index is 0.589. The summed E-state index contributed by atoms with van der Waals surface area (Å²) in [5.74, 6) is 2.25. The predicted octanol–water partition coefficient (Wildman–Crippen LogP) is 2.79. The second kappa shape index (κ2) is 3.63. The molecule has 2 fully saturated rings. The Hall–Kier alpha value is -0.290. The minimum Gasteiger partial charge on any atom is -0.374 e. The SMILES string of the molecule is Nc1nnc(SCC23CCC(CC2)C3)s1. The Labute approximate surface area is 97.9 Å². The molecule has 2 bridgehead atoms. The Morgan fingerprint density at radius 2 is 2.20 bits per heavy atom. The third-order valence-electron chi connectivity index (χ3n) is 3.81. The van der Waals surface area contributed by atoms with Crippen molar-refractivity contribution in [2.45, 2.75) is 36.4 Å². The van der Waals surface area contributed by atoms with Gasteiger partial charge >= 0.3 is 0 Å². The van der Waals surface area contributed by atoms with Crippen LogP contribution in [0.3, 0.4) is 0 Å². The molecule has 0 saturated heterocycles. The fourth-order valence-electron chi connectivity index (χ4n) is 3.01. The summed E-state index contributed by atoms with van der Waals surface area (Å²) in [4.78, 5) is 0. The van der Waals surface area contributed by atoms with Gasteiger partial charge in [-0.2, -0.15) is 0 Å². The van der Waals surface area contributed by atoms with Crippen LogP contribution < -0.4 is 5.73 Å². The average Bonchev–Trinajstić information content (AvgIpc) is 2.90. The summed E-state index contributed by atoms with van der Waals surface area (Å²) in [7, 11) is 0. The van der Waals surface area contributed by atoms with Crippen LogP contribution in [0.15, 0.2) is 4.34 Å². The van der Waals surface area contributed by atoms with E-state index in [1.54, 1.807) is 0 Å². The van der Waals surface area contributed by atoms with Crippen molar-refractivity contribution < 1.29 is 0 Å². The van der Waals surface area contributed by atoms with E-state index >= 15 is 0 Å². The van der Waals surface area contributed by atoms with Gasteiger partial charge in [0, 0.05) is 5.75 Å². The zero-order chi connectivity index (χ0) is 10.3. The van der Waals surface area contributed by atoms with Crippen LogP contribution in [0.25, 0.3) is 0 Å². The monoisotopic (exact) mass is 241 g/mol. The van der Waals surface area contributed by atoms with E-state index in [9.17, 15) is 0 Å². The van der Waals surface area contributed by atoms with Crippen LogP contribution in [0.4, 0.5) is 5.13 Å². The van der Waals surface area contributed by atoms with Crippen LogP contribution in [0.5, 0.6) is 0 Å². The maximum absolute atomic E-state index is 5.57. The molecule has 1 aromatic rings. The number of nitrogen functional groups attached to an aromatic ring is 1. The number of rotatable bonds is 3. The van der Waals surface area contributed by atoms with Gasteiger partial charge in [0.05, 0.1) is 0 Å². The van der Waals surface area contributed by atoms with Crippen LogP contribution in [0.2, 0.25) is 0 Å². The number of aromatic nitrogens is 2. The number of nitrogens with zero attached hydrogens (tertiary/aromatic N) is 2.